The van der Waals surface area contributed by atoms with Gasteiger partial charge in [0.25, 0.3) is 0 Å². The molecular formula is C12H9ClF3N. The smallest absolute Gasteiger partial charge is 0.293 e. The third-order valence-electron chi connectivity index (χ3n) is 2.52. The molecule has 17 heavy (non-hydrogen) atoms. The van der Waals surface area contributed by atoms with Crippen LogP contribution in [0.5, 0.6) is 0 Å². The number of benzene rings is 1. The van der Waals surface area contributed by atoms with Gasteiger partial charge in [0.1, 0.15) is 0 Å². The second-order valence-corrected chi connectivity index (χ2v) is 4.12. The van der Waals surface area contributed by atoms with E-state index in [4.69, 9.17) is 11.6 Å². The molecule has 1 aliphatic heterocycles. The molecule has 0 fully saturated rings. The highest BCUT2D eigenvalue weighted by Crippen LogP contribution is 2.37. The van der Waals surface area contributed by atoms with Crippen molar-refractivity contribution < 1.29 is 13.2 Å². The van der Waals surface area contributed by atoms with Gasteiger partial charge in [0.2, 0.25) is 0 Å². The van der Waals surface area contributed by atoms with Crippen molar-refractivity contribution in [3.63, 3.8) is 0 Å². The van der Waals surface area contributed by atoms with Gasteiger partial charge in [-0.1, -0.05) is 11.6 Å². The fourth-order valence-electron chi connectivity index (χ4n) is 1.74. The lowest BCUT2D eigenvalue weighted by molar-refractivity contribution is -0.137. The summed E-state index contributed by atoms with van der Waals surface area (Å²) in [6, 6.07) is 3.63. The molecule has 0 unspecified atom stereocenters. The lowest BCUT2D eigenvalue weighted by Crippen LogP contribution is -2.10. The largest absolute Gasteiger partial charge is 0.416 e. The molecule has 1 aromatic carbocycles. The summed E-state index contributed by atoms with van der Waals surface area (Å²) in [7, 11) is 0. The molecule has 0 bridgehead atoms. The van der Waals surface area contributed by atoms with Gasteiger partial charge in [-0.3, -0.25) is 4.99 Å². The summed E-state index contributed by atoms with van der Waals surface area (Å²) >= 11 is 5.76. The Labute approximate surface area is 102 Å². The predicted molar refractivity (Wildman–Crippen MR) is 62.4 cm³/mol. The zero-order valence-corrected chi connectivity index (χ0v) is 9.52. The highest BCUT2D eigenvalue weighted by Gasteiger charge is 2.34. The van der Waals surface area contributed by atoms with E-state index in [9.17, 15) is 13.2 Å². The van der Waals surface area contributed by atoms with Crippen LogP contribution in [-0.2, 0) is 6.18 Å². The monoisotopic (exact) mass is 259 g/mol. The average Bonchev–Trinajstić information content (AvgIpc) is 2.28. The Morgan fingerprint density at radius 1 is 1.24 bits per heavy atom. The molecular weight excluding hydrogens is 251 g/mol. The minimum Gasteiger partial charge on any atom is -0.293 e. The Morgan fingerprint density at radius 3 is 2.59 bits per heavy atom. The van der Waals surface area contributed by atoms with Crippen LogP contribution in [0.15, 0.2) is 29.3 Å². The zero-order valence-electron chi connectivity index (χ0n) is 8.76. The highest BCUT2D eigenvalue weighted by atomic mass is 35.5. The molecule has 0 N–H and O–H groups in total. The van der Waals surface area contributed by atoms with Crippen LogP contribution in [0, 0.1) is 0 Å². The summed E-state index contributed by atoms with van der Waals surface area (Å²) in [4.78, 5) is 3.95. The van der Waals surface area contributed by atoms with Gasteiger partial charge in [-0.05, 0) is 41.8 Å². The average molecular weight is 260 g/mol. The van der Waals surface area contributed by atoms with E-state index >= 15 is 0 Å². The topological polar surface area (TPSA) is 12.4 Å². The first-order valence-corrected chi connectivity index (χ1v) is 5.42. The number of hydrogen-bond acceptors (Lipinski definition) is 1. The third kappa shape index (κ3) is 2.69. The minimum absolute atomic E-state index is 0.149. The van der Waals surface area contributed by atoms with Crippen molar-refractivity contribution in [1.82, 2.24) is 0 Å². The fourth-order valence-corrected chi connectivity index (χ4v) is 1.91. The second-order valence-electron chi connectivity index (χ2n) is 3.68. The number of rotatable bonds is 1. The van der Waals surface area contributed by atoms with Crippen LogP contribution in [0.3, 0.4) is 0 Å². The fraction of sp³-hybridized carbons (Fsp3) is 0.250. The van der Waals surface area contributed by atoms with Crippen molar-refractivity contribution in [3.05, 3.63) is 40.4 Å². The molecule has 1 aliphatic rings. The maximum Gasteiger partial charge on any atom is 0.416 e. The minimum atomic E-state index is -4.37. The molecule has 0 aromatic heterocycles. The number of aliphatic imine (C=N–C) groups is 1. The van der Waals surface area contributed by atoms with Gasteiger partial charge in [0.05, 0.1) is 5.56 Å². The number of hydrogen-bond donors (Lipinski definition) is 0. The summed E-state index contributed by atoms with van der Waals surface area (Å²) in [5, 5.41) is 0.302. The maximum absolute atomic E-state index is 12.8. The van der Waals surface area contributed by atoms with Crippen molar-refractivity contribution in [3.8, 4) is 0 Å². The van der Waals surface area contributed by atoms with E-state index in [0.29, 0.717) is 23.6 Å². The van der Waals surface area contributed by atoms with E-state index in [0.717, 1.165) is 6.07 Å². The van der Waals surface area contributed by atoms with E-state index in [1.807, 2.05) is 0 Å². The molecule has 2 rings (SSSR count). The molecule has 0 saturated carbocycles. The highest BCUT2D eigenvalue weighted by molar-refractivity contribution is 6.30. The van der Waals surface area contributed by atoms with Gasteiger partial charge in [-0.15, -0.1) is 0 Å². The van der Waals surface area contributed by atoms with E-state index in [2.05, 4.69) is 4.99 Å². The van der Waals surface area contributed by atoms with Crippen molar-refractivity contribution in [2.45, 2.75) is 12.6 Å². The molecule has 0 atom stereocenters. The van der Waals surface area contributed by atoms with Crippen LogP contribution in [0.1, 0.15) is 17.5 Å². The third-order valence-corrected chi connectivity index (χ3v) is 2.76. The quantitative estimate of drug-likeness (QED) is 0.716. The molecule has 90 valence electrons. The van der Waals surface area contributed by atoms with Gasteiger partial charge in [0, 0.05) is 17.8 Å². The molecule has 0 amide bonds. The van der Waals surface area contributed by atoms with Gasteiger partial charge in [-0.25, -0.2) is 0 Å². The Kier molecular flexibility index (Phi) is 3.24. The van der Waals surface area contributed by atoms with Crippen LogP contribution in [-0.4, -0.2) is 12.8 Å². The molecule has 1 heterocycles. The van der Waals surface area contributed by atoms with E-state index in [1.54, 1.807) is 6.08 Å². The summed E-state index contributed by atoms with van der Waals surface area (Å²) in [5.41, 5.74) is 0.120. The van der Waals surface area contributed by atoms with Crippen molar-refractivity contribution in [2.24, 2.45) is 4.99 Å². The van der Waals surface area contributed by atoms with Gasteiger partial charge in [0.15, 0.2) is 0 Å². The summed E-state index contributed by atoms with van der Waals surface area (Å²) in [6.45, 7) is 0.510. The molecule has 0 saturated heterocycles. The van der Waals surface area contributed by atoms with Crippen LogP contribution in [0.25, 0.3) is 5.57 Å². The van der Waals surface area contributed by atoms with Crippen LogP contribution < -0.4 is 0 Å². The summed E-state index contributed by atoms with van der Waals surface area (Å²) in [6.07, 6.45) is -0.737. The van der Waals surface area contributed by atoms with Crippen molar-refractivity contribution in [1.29, 1.82) is 0 Å². The molecule has 0 spiro atoms. The first-order valence-electron chi connectivity index (χ1n) is 5.04. The maximum atomic E-state index is 12.8. The Morgan fingerprint density at radius 2 is 2.00 bits per heavy atom. The number of allylic oxidation sites excluding steroid dienone is 1. The lowest BCUT2D eigenvalue weighted by Gasteiger charge is -2.16. The number of halogens is 4. The van der Waals surface area contributed by atoms with Gasteiger partial charge < -0.3 is 0 Å². The summed E-state index contributed by atoms with van der Waals surface area (Å²) < 4.78 is 38.5. The lowest BCUT2D eigenvalue weighted by atomic mass is 9.96. The Hall–Kier alpha value is -1.29. The molecule has 0 aliphatic carbocycles. The Bertz CT molecular complexity index is 489. The molecule has 5 heteroatoms. The molecule has 0 radical (unpaired) electrons. The number of alkyl halides is 3. The number of nitrogens with zero attached hydrogens (tertiary/aromatic N) is 1. The van der Waals surface area contributed by atoms with Gasteiger partial charge in [-0.2, -0.15) is 13.2 Å². The second kappa shape index (κ2) is 4.53. The van der Waals surface area contributed by atoms with Crippen LogP contribution in [0.4, 0.5) is 13.2 Å². The Balaban J connectivity index is 2.54. The predicted octanol–water partition coefficient (Wildman–Crippen LogP) is 4.22. The van der Waals surface area contributed by atoms with Crippen LogP contribution in [0.2, 0.25) is 5.02 Å². The zero-order chi connectivity index (χ0) is 12.5. The molecule has 1 aromatic rings. The van der Waals surface area contributed by atoms with Crippen LogP contribution >= 0.6 is 11.6 Å². The summed E-state index contributed by atoms with van der Waals surface area (Å²) in [5.74, 6) is 0. The van der Waals surface area contributed by atoms with E-state index in [1.165, 1.54) is 18.3 Å². The van der Waals surface area contributed by atoms with E-state index in [-0.39, 0.29) is 5.56 Å². The van der Waals surface area contributed by atoms with Crippen molar-refractivity contribution >= 4 is 23.4 Å². The SMILES string of the molecule is FC(F)(F)c1ccc(Cl)cc1C1=CC=NCC1. The van der Waals surface area contributed by atoms with E-state index < -0.39 is 11.7 Å². The first kappa shape index (κ1) is 12.2. The standard InChI is InChI=1S/C12H9ClF3N/c13-9-1-2-11(12(14,15)16)10(7-9)8-3-5-17-6-4-8/h1-3,5,7H,4,6H2. The number of dihydropyridines is 1. The first-order chi connectivity index (χ1) is 7.98. The molecule has 1 nitrogen and oxygen atoms in total. The van der Waals surface area contributed by atoms with Gasteiger partial charge >= 0.3 is 6.18 Å². The normalized spacial score (nSPS) is 15.9. The van der Waals surface area contributed by atoms with Crippen molar-refractivity contribution in [2.75, 3.05) is 6.54 Å².